The van der Waals surface area contributed by atoms with Gasteiger partial charge in [-0.2, -0.15) is 0 Å². The Morgan fingerprint density at radius 3 is 2.32 bits per heavy atom. The molecule has 4 heteroatoms. The van der Waals surface area contributed by atoms with Crippen LogP contribution in [0.5, 0.6) is 11.5 Å². The second kappa shape index (κ2) is 7.50. The summed E-state index contributed by atoms with van der Waals surface area (Å²) in [4.78, 5) is 12.4. The van der Waals surface area contributed by atoms with E-state index in [2.05, 4.69) is 5.32 Å². The number of anilines is 1. The van der Waals surface area contributed by atoms with Gasteiger partial charge in [-0.05, 0) is 49.2 Å². The zero-order valence-corrected chi connectivity index (χ0v) is 13.1. The molecule has 1 atom stereocenters. The summed E-state index contributed by atoms with van der Waals surface area (Å²) in [6, 6.07) is 14.9. The predicted octanol–water partition coefficient (Wildman–Crippen LogP) is 3.80. The van der Waals surface area contributed by atoms with Gasteiger partial charge >= 0.3 is 0 Å². The first-order valence-electron chi connectivity index (χ1n) is 7.31. The van der Waals surface area contributed by atoms with Crippen LogP contribution < -0.4 is 14.8 Å². The number of rotatable bonds is 6. The van der Waals surface area contributed by atoms with Crippen molar-refractivity contribution in [1.82, 2.24) is 0 Å². The number of benzene rings is 2. The van der Waals surface area contributed by atoms with Gasteiger partial charge < -0.3 is 14.8 Å². The number of hydrogen-bond donors (Lipinski definition) is 1. The number of carbonyl (C=O) groups is 1. The fraction of sp³-hybridized carbons (Fsp3) is 0.278. The molecule has 0 aromatic heterocycles. The maximum absolute atomic E-state index is 12.4. The molecule has 4 nitrogen and oxygen atoms in total. The Morgan fingerprint density at radius 2 is 1.73 bits per heavy atom. The average Bonchev–Trinajstić information content (AvgIpc) is 2.55. The SMILES string of the molecule is CCC(Oc1ccc(OC)cc1)C(=O)Nc1ccccc1C. The van der Waals surface area contributed by atoms with E-state index in [0.717, 1.165) is 17.0 Å². The highest BCUT2D eigenvalue weighted by Crippen LogP contribution is 2.20. The summed E-state index contributed by atoms with van der Waals surface area (Å²) in [7, 11) is 1.61. The van der Waals surface area contributed by atoms with Gasteiger partial charge in [-0.1, -0.05) is 25.1 Å². The number of methoxy groups -OCH3 is 1. The van der Waals surface area contributed by atoms with Crippen molar-refractivity contribution in [3.05, 3.63) is 54.1 Å². The van der Waals surface area contributed by atoms with E-state index in [1.165, 1.54) is 0 Å². The summed E-state index contributed by atoms with van der Waals surface area (Å²) < 4.78 is 10.9. The number of amides is 1. The van der Waals surface area contributed by atoms with Crippen molar-refractivity contribution in [3.8, 4) is 11.5 Å². The first-order chi connectivity index (χ1) is 10.6. The molecule has 2 aromatic carbocycles. The standard InChI is InChI=1S/C18H21NO3/c1-4-17(22-15-11-9-14(21-3)10-12-15)18(20)19-16-8-6-5-7-13(16)2/h5-12,17H,4H2,1-3H3,(H,19,20). The number of aryl methyl sites for hydroxylation is 1. The van der Waals surface area contributed by atoms with Gasteiger partial charge in [0, 0.05) is 5.69 Å². The third kappa shape index (κ3) is 4.01. The highest BCUT2D eigenvalue weighted by Gasteiger charge is 2.19. The van der Waals surface area contributed by atoms with Gasteiger partial charge in [-0.15, -0.1) is 0 Å². The molecular weight excluding hydrogens is 278 g/mol. The van der Waals surface area contributed by atoms with Crippen molar-refractivity contribution in [1.29, 1.82) is 0 Å². The molecule has 0 saturated carbocycles. The van der Waals surface area contributed by atoms with Gasteiger partial charge in [0.2, 0.25) is 0 Å². The van der Waals surface area contributed by atoms with E-state index in [4.69, 9.17) is 9.47 Å². The van der Waals surface area contributed by atoms with E-state index in [9.17, 15) is 4.79 Å². The van der Waals surface area contributed by atoms with E-state index >= 15 is 0 Å². The summed E-state index contributed by atoms with van der Waals surface area (Å²) in [5.41, 5.74) is 1.83. The summed E-state index contributed by atoms with van der Waals surface area (Å²) in [5, 5.41) is 2.92. The molecular formula is C18H21NO3. The number of carbonyl (C=O) groups excluding carboxylic acids is 1. The second-order valence-corrected chi connectivity index (χ2v) is 4.99. The van der Waals surface area contributed by atoms with Crippen LogP contribution in [0.4, 0.5) is 5.69 Å². The minimum Gasteiger partial charge on any atom is -0.497 e. The maximum Gasteiger partial charge on any atom is 0.265 e. The lowest BCUT2D eigenvalue weighted by Gasteiger charge is -2.18. The van der Waals surface area contributed by atoms with E-state index < -0.39 is 6.10 Å². The largest absolute Gasteiger partial charge is 0.497 e. The lowest BCUT2D eigenvalue weighted by atomic mass is 10.2. The van der Waals surface area contributed by atoms with Gasteiger partial charge in [0.25, 0.3) is 5.91 Å². The summed E-state index contributed by atoms with van der Waals surface area (Å²) in [6.45, 7) is 3.88. The van der Waals surface area contributed by atoms with Crippen molar-refractivity contribution in [2.75, 3.05) is 12.4 Å². The quantitative estimate of drug-likeness (QED) is 0.882. The summed E-state index contributed by atoms with van der Waals surface area (Å²) in [6.07, 6.45) is 0.0528. The van der Waals surface area contributed by atoms with Crippen molar-refractivity contribution < 1.29 is 14.3 Å². The minimum atomic E-state index is -0.534. The van der Waals surface area contributed by atoms with E-state index in [1.54, 1.807) is 31.4 Å². The van der Waals surface area contributed by atoms with Gasteiger partial charge in [-0.3, -0.25) is 4.79 Å². The molecule has 0 aliphatic carbocycles. The Labute approximate surface area is 131 Å². The van der Waals surface area contributed by atoms with E-state index in [0.29, 0.717) is 12.2 Å². The monoisotopic (exact) mass is 299 g/mol. The average molecular weight is 299 g/mol. The molecule has 1 N–H and O–H groups in total. The van der Waals surface area contributed by atoms with Gasteiger partial charge in [0.05, 0.1) is 7.11 Å². The fourth-order valence-electron chi connectivity index (χ4n) is 2.07. The van der Waals surface area contributed by atoms with Crippen molar-refractivity contribution in [3.63, 3.8) is 0 Å². The van der Waals surface area contributed by atoms with Crippen molar-refractivity contribution in [2.24, 2.45) is 0 Å². The van der Waals surface area contributed by atoms with Crippen LogP contribution in [0, 0.1) is 6.92 Å². The minimum absolute atomic E-state index is 0.146. The molecule has 0 radical (unpaired) electrons. The molecule has 0 bridgehead atoms. The molecule has 0 saturated heterocycles. The van der Waals surface area contributed by atoms with Gasteiger partial charge in [0.1, 0.15) is 11.5 Å². The molecule has 22 heavy (non-hydrogen) atoms. The Kier molecular flexibility index (Phi) is 5.42. The van der Waals surface area contributed by atoms with Gasteiger partial charge in [0.15, 0.2) is 6.10 Å². The van der Waals surface area contributed by atoms with Crippen LogP contribution in [0.25, 0.3) is 0 Å². The molecule has 0 aliphatic heterocycles. The van der Waals surface area contributed by atoms with E-state index in [-0.39, 0.29) is 5.91 Å². The number of hydrogen-bond acceptors (Lipinski definition) is 3. The molecule has 0 heterocycles. The molecule has 2 rings (SSSR count). The van der Waals surface area contributed by atoms with Crippen LogP contribution in [0.3, 0.4) is 0 Å². The van der Waals surface area contributed by atoms with Crippen LogP contribution in [0.15, 0.2) is 48.5 Å². The molecule has 0 aliphatic rings. The Hall–Kier alpha value is -2.49. The molecule has 1 unspecified atom stereocenters. The summed E-state index contributed by atoms with van der Waals surface area (Å²) in [5.74, 6) is 1.25. The fourth-order valence-corrected chi connectivity index (χ4v) is 2.07. The third-order valence-corrected chi connectivity index (χ3v) is 3.40. The lowest BCUT2D eigenvalue weighted by molar-refractivity contribution is -0.122. The van der Waals surface area contributed by atoms with Crippen LogP contribution in [-0.2, 0) is 4.79 Å². The normalized spacial score (nSPS) is 11.6. The number of nitrogens with one attached hydrogen (secondary N) is 1. The zero-order chi connectivity index (χ0) is 15.9. The first kappa shape index (κ1) is 15.9. The van der Waals surface area contributed by atoms with Gasteiger partial charge in [-0.25, -0.2) is 0 Å². The van der Waals surface area contributed by atoms with Crippen molar-refractivity contribution >= 4 is 11.6 Å². The highest BCUT2D eigenvalue weighted by atomic mass is 16.5. The topological polar surface area (TPSA) is 47.6 Å². The Bertz CT molecular complexity index is 622. The second-order valence-electron chi connectivity index (χ2n) is 4.99. The Morgan fingerprint density at radius 1 is 1.09 bits per heavy atom. The molecule has 116 valence electrons. The zero-order valence-electron chi connectivity index (χ0n) is 13.1. The number of ether oxygens (including phenoxy) is 2. The Balaban J connectivity index is 2.03. The van der Waals surface area contributed by atoms with Crippen molar-refractivity contribution in [2.45, 2.75) is 26.4 Å². The first-order valence-corrected chi connectivity index (χ1v) is 7.31. The maximum atomic E-state index is 12.4. The van der Waals surface area contributed by atoms with E-state index in [1.807, 2.05) is 38.1 Å². The molecule has 2 aromatic rings. The lowest BCUT2D eigenvalue weighted by Crippen LogP contribution is -2.32. The van der Waals surface area contributed by atoms with Crippen LogP contribution in [-0.4, -0.2) is 19.1 Å². The molecule has 0 spiro atoms. The summed E-state index contributed by atoms with van der Waals surface area (Å²) >= 11 is 0. The smallest absolute Gasteiger partial charge is 0.265 e. The molecule has 0 fully saturated rings. The molecule has 1 amide bonds. The van der Waals surface area contributed by atoms with Crippen LogP contribution in [0.2, 0.25) is 0 Å². The van der Waals surface area contributed by atoms with Crippen LogP contribution in [0.1, 0.15) is 18.9 Å². The van der Waals surface area contributed by atoms with Crippen LogP contribution >= 0.6 is 0 Å². The predicted molar refractivity (Wildman–Crippen MR) is 87.5 cm³/mol. The number of para-hydroxylation sites is 1. The third-order valence-electron chi connectivity index (χ3n) is 3.40. The highest BCUT2D eigenvalue weighted by molar-refractivity contribution is 5.94.